The molecule has 1 heterocycles. The predicted molar refractivity (Wildman–Crippen MR) is 103 cm³/mol. The molecule has 0 aliphatic rings. The van der Waals surface area contributed by atoms with Gasteiger partial charge in [-0.3, -0.25) is 0 Å². The Morgan fingerprint density at radius 1 is 1.07 bits per heavy atom. The number of anilines is 3. The van der Waals surface area contributed by atoms with Crippen molar-refractivity contribution in [2.75, 3.05) is 25.3 Å². The SMILES string of the molecule is COc1ccc(C(=O)OCc2nc(N)nc(Nc3ccccc3OC)n2)cc1F. The van der Waals surface area contributed by atoms with Gasteiger partial charge in [0, 0.05) is 0 Å². The smallest absolute Gasteiger partial charge is 0.338 e. The van der Waals surface area contributed by atoms with Crippen molar-refractivity contribution in [2.24, 2.45) is 0 Å². The summed E-state index contributed by atoms with van der Waals surface area (Å²) in [7, 11) is 2.87. The average molecular weight is 399 g/mol. The lowest BCUT2D eigenvalue weighted by atomic mass is 10.2. The summed E-state index contributed by atoms with van der Waals surface area (Å²) in [5.41, 5.74) is 6.36. The Morgan fingerprint density at radius 2 is 1.83 bits per heavy atom. The molecule has 9 nitrogen and oxygen atoms in total. The quantitative estimate of drug-likeness (QED) is 0.577. The van der Waals surface area contributed by atoms with E-state index in [9.17, 15) is 9.18 Å². The Morgan fingerprint density at radius 3 is 2.55 bits per heavy atom. The van der Waals surface area contributed by atoms with Crippen LogP contribution in [0.4, 0.5) is 22.0 Å². The first kappa shape index (κ1) is 19.8. The largest absolute Gasteiger partial charge is 0.495 e. The molecule has 3 aromatic rings. The van der Waals surface area contributed by atoms with Gasteiger partial charge in [-0.15, -0.1) is 0 Å². The van der Waals surface area contributed by atoms with Crippen LogP contribution in [-0.4, -0.2) is 35.1 Å². The summed E-state index contributed by atoms with van der Waals surface area (Å²) in [6.45, 7) is -0.278. The number of benzene rings is 2. The minimum atomic E-state index is -0.746. The minimum Gasteiger partial charge on any atom is -0.495 e. The standard InChI is InChI=1S/C19H18FN5O4/c1-27-14-8-7-11(9-12(14)20)17(26)29-10-16-23-18(21)25-19(24-16)22-13-5-3-4-6-15(13)28-2/h3-9H,10H2,1-2H3,(H3,21,22,23,24,25). The lowest BCUT2D eigenvalue weighted by molar-refractivity contribution is 0.0461. The fourth-order valence-electron chi connectivity index (χ4n) is 2.43. The summed E-state index contributed by atoms with van der Waals surface area (Å²) < 4.78 is 29.0. The molecule has 0 spiro atoms. The van der Waals surface area contributed by atoms with Crippen molar-refractivity contribution in [3.05, 3.63) is 59.7 Å². The topological polar surface area (TPSA) is 121 Å². The van der Waals surface area contributed by atoms with Gasteiger partial charge in [-0.05, 0) is 30.3 Å². The molecule has 0 amide bonds. The number of carbonyl (C=O) groups is 1. The highest BCUT2D eigenvalue weighted by molar-refractivity contribution is 5.89. The van der Waals surface area contributed by atoms with Gasteiger partial charge < -0.3 is 25.3 Å². The maximum atomic E-state index is 13.7. The minimum absolute atomic E-state index is 0.0256. The van der Waals surface area contributed by atoms with E-state index in [2.05, 4.69) is 20.3 Å². The van der Waals surface area contributed by atoms with Gasteiger partial charge in [0.25, 0.3) is 0 Å². The third-order valence-corrected chi connectivity index (χ3v) is 3.77. The number of rotatable bonds is 7. The molecule has 0 fully saturated rings. The molecule has 150 valence electrons. The number of nitrogens with one attached hydrogen (secondary N) is 1. The zero-order valence-corrected chi connectivity index (χ0v) is 15.7. The maximum absolute atomic E-state index is 13.7. The Balaban J connectivity index is 1.71. The van der Waals surface area contributed by atoms with E-state index >= 15 is 0 Å². The highest BCUT2D eigenvalue weighted by Gasteiger charge is 2.14. The van der Waals surface area contributed by atoms with Crippen LogP contribution in [0.15, 0.2) is 42.5 Å². The number of halogens is 1. The third-order valence-electron chi connectivity index (χ3n) is 3.77. The van der Waals surface area contributed by atoms with Crippen LogP contribution < -0.4 is 20.5 Å². The molecule has 2 aromatic carbocycles. The van der Waals surface area contributed by atoms with Gasteiger partial charge in [-0.1, -0.05) is 12.1 Å². The molecule has 10 heteroatoms. The van der Waals surface area contributed by atoms with Crippen molar-refractivity contribution in [1.29, 1.82) is 0 Å². The van der Waals surface area contributed by atoms with Gasteiger partial charge in [-0.2, -0.15) is 15.0 Å². The Hall–Kier alpha value is -3.95. The number of hydrogen-bond acceptors (Lipinski definition) is 9. The van der Waals surface area contributed by atoms with Crippen LogP contribution in [0.3, 0.4) is 0 Å². The van der Waals surface area contributed by atoms with E-state index in [1.807, 2.05) is 12.1 Å². The van der Waals surface area contributed by atoms with Gasteiger partial charge >= 0.3 is 5.97 Å². The van der Waals surface area contributed by atoms with Crippen LogP contribution in [0, 0.1) is 5.82 Å². The van der Waals surface area contributed by atoms with Crippen molar-refractivity contribution >= 4 is 23.6 Å². The summed E-state index contributed by atoms with van der Waals surface area (Å²) in [4.78, 5) is 24.3. The van der Waals surface area contributed by atoms with E-state index in [1.165, 1.54) is 26.4 Å². The number of nitrogens with two attached hydrogens (primary N) is 1. The van der Waals surface area contributed by atoms with E-state index < -0.39 is 11.8 Å². The molecule has 3 N–H and O–H groups in total. The molecule has 0 radical (unpaired) electrons. The normalized spacial score (nSPS) is 10.3. The number of esters is 1. The lowest BCUT2D eigenvalue weighted by Crippen LogP contribution is -2.11. The zero-order valence-electron chi connectivity index (χ0n) is 15.7. The van der Waals surface area contributed by atoms with Gasteiger partial charge in [-0.25, -0.2) is 9.18 Å². The van der Waals surface area contributed by atoms with Crippen LogP contribution >= 0.6 is 0 Å². The highest BCUT2D eigenvalue weighted by Crippen LogP contribution is 2.25. The lowest BCUT2D eigenvalue weighted by Gasteiger charge is -2.11. The number of para-hydroxylation sites is 2. The fraction of sp³-hybridized carbons (Fsp3) is 0.158. The number of nitrogens with zero attached hydrogens (tertiary/aromatic N) is 3. The van der Waals surface area contributed by atoms with Crippen LogP contribution in [0.5, 0.6) is 11.5 Å². The van der Waals surface area contributed by atoms with Crippen molar-refractivity contribution in [1.82, 2.24) is 15.0 Å². The molecule has 1 aromatic heterocycles. The van der Waals surface area contributed by atoms with E-state index in [4.69, 9.17) is 19.9 Å². The molecule has 3 rings (SSSR count). The molecule has 29 heavy (non-hydrogen) atoms. The van der Waals surface area contributed by atoms with Crippen LogP contribution in [-0.2, 0) is 11.3 Å². The van der Waals surface area contributed by atoms with Crippen LogP contribution in [0.2, 0.25) is 0 Å². The van der Waals surface area contributed by atoms with Gasteiger partial charge in [0.1, 0.15) is 5.75 Å². The number of methoxy groups -OCH3 is 2. The van der Waals surface area contributed by atoms with Crippen LogP contribution in [0.25, 0.3) is 0 Å². The van der Waals surface area contributed by atoms with Crippen molar-refractivity contribution < 1.29 is 23.4 Å². The number of carbonyl (C=O) groups excluding carboxylic acids is 1. The molecule has 0 bridgehead atoms. The highest BCUT2D eigenvalue weighted by atomic mass is 19.1. The van der Waals surface area contributed by atoms with Crippen LogP contribution in [0.1, 0.15) is 16.2 Å². The van der Waals surface area contributed by atoms with E-state index in [-0.39, 0.29) is 35.6 Å². The summed E-state index contributed by atoms with van der Waals surface area (Å²) in [5, 5.41) is 2.97. The van der Waals surface area contributed by atoms with Crippen molar-refractivity contribution in [3.63, 3.8) is 0 Å². The Kier molecular flexibility index (Phi) is 6.03. The van der Waals surface area contributed by atoms with E-state index in [0.29, 0.717) is 11.4 Å². The van der Waals surface area contributed by atoms with Gasteiger partial charge in [0.05, 0.1) is 25.5 Å². The predicted octanol–water partition coefficient (Wildman–Crippen LogP) is 2.71. The molecule has 0 atom stereocenters. The second kappa shape index (κ2) is 8.83. The molecule has 0 aliphatic heterocycles. The first-order chi connectivity index (χ1) is 14.0. The number of ether oxygens (including phenoxy) is 3. The molecule has 0 saturated carbocycles. The monoisotopic (exact) mass is 399 g/mol. The number of nitrogen functional groups attached to an aromatic ring is 1. The summed E-state index contributed by atoms with van der Waals surface area (Å²) in [5.74, 6) is -0.584. The molecule has 0 aliphatic carbocycles. The fourth-order valence-corrected chi connectivity index (χ4v) is 2.43. The third kappa shape index (κ3) is 4.86. The molecule has 0 unspecified atom stereocenters. The summed E-state index contributed by atoms with van der Waals surface area (Å²) in [6, 6.07) is 10.9. The first-order valence-electron chi connectivity index (χ1n) is 8.41. The first-order valence-corrected chi connectivity index (χ1v) is 8.41. The second-order valence-corrected chi connectivity index (χ2v) is 5.68. The summed E-state index contributed by atoms with van der Waals surface area (Å²) in [6.07, 6.45) is 0. The molecular formula is C19H18FN5O4. The van der Waals surface area contributed by atoms with Crippen molar-refractivity contribution in [3.8, 4) is 11.5 Å². The van der Waals surface area contributed by atoms with E-state index in [1.54, 1.807) is 12.1 Å². The molecule has 0 saturated heterocycles. The van der Waals surface area contributed by atoms with E-state index in [0.717, 1.165) is 6.07 Å². The summed E-state index contributed by atoms with van der Waals surface area (Å²) >= 11 is 0. The Bertz CT molecular complexity index is 1030. The van der Waals surface area contributed by atoms with Gasteiger partial charge in [0.2, 0.25) is 11.9 Å². The van der Waals surface area contributed by atoms with Gasteiger partial charge in [0.15, 0.2) is 24.0 Å². The average Bonchev–Trinajstić information content (AvgIpc) is 2.72. The zero-order chi connectivity index (χ0) is 20.8. The number of aromatic nitrogens is 3. The molecular weight excluding hydrogens is 381 g/mol. The maximum Gasteiger partial charge on any atom is 0.338 e. The number of hydrogen-bond donors (Lipinski definition) is 2. The Labute approximate surface area is 165 Å². The second-order valence-electron chi connectivity index (χ2n) is 5.68. The van der Waals surface area contributed by atoms with Crippen molar-refractivity contribution in [2.45, 2.75) is 6.61 Å².